The van der Waals surface area contributed by atoms with Crippen LogP contribution in [0.15, 0.2) is 18.2 Å². The SMILES string of the molecule is CCCC1CN(CC2CCCCC2)C(=O)OC12CCN(C1CCN(C(=O)c3c(C)cccc3C)CC1)CC2. The lowest BCUT2D eigenvalue weighted by molar-refractivity contribution is -0.127. The van der Waals surface area contributed by atoms with Gasteiger partial charge in [-0.1, -0.05) is 50.8 Å². The highest BCUT2D eigenvalue weighted by Crippen LogP contribution is 2.42. The minimum Gasteiger partial charge on any atom is -0.442 e. The van der Waals surface area contributed by atoms with E-state index in [2.05, 4.69) is 21.6 Å². The first-order valence-corrected chi connectivity index (χ1v) is 15.5. The standard InChI is InChI=1S/C32H49N3O3/c1-4-9-27-23-35(22-26-12-6-5-7-13-26)31(37)38-32(27)16-20-33(21-17-32)28-14-18-34(19-15-28)30(36)29-24(2)10-8-11-25(29)3/h8,10-11,26-28H,4-7,9,12-23H2,1-3H3. The molecule has 0 bridgehead atoms. The number of ether oxygens (including phenoxy) is 1. The van der Waals surface area contributed by atoms with Crippen molar-refractivity contribution in [2.24, 2.45) is 11.8 Å². The molecule has 1 aromatic rings. The van der Waals surface area contributed by atoms with Gasteiger partial charge in [-0.25, -0.2) is 4.79 Å². The molecule has 3 saturated heterocycles. The Hall–Kier alpha value is -2.08. The number of aryl methyl sites for hydroxylation is 2. The van der Waals surface area contributed by atoms with E-state index in [4.69, 9.17) is 4.74 Å². The fourth-order valence-electron chi connectivity index (χ4n) is 7.88. The first kappa shape index (κ1) is 27.5. The number of likely N-dealkylation sites (tertiary alicyclic amines) is 2. The van der Waals surface area contributed by atoms with Gasteiger partial charge >= 0.3 is 6.09 Å². The zero-order valence-electron chi connectivity index (χ0n) is 24.1. The van der Waals surface area contributed by atoms with Crippen LogP contribution in [0.2, 0.25) is 0 Å². The monoisotopic (exact) mass is 523 g/mol. The van der Waals surface area contributed by atoms with Gasteiger partial charge < -0.3 is 14.5 Å². The molecule has 1 atom stereocenters. The smallest absolute Gasteiger partial charge is 0.410 e. The molecule has 38 heavy (non-hydrogen) atoms. The third-order valence-corrected chi connectivity index (χ3v) is 10.2. The average molecular weight is 524 g/mol. The lowest BCUT2D eigenvalue weighted by atomic mass is 9.75. The normalized spacial score (nSPS) is 25.6. The summed E-state index contributed by atoms with van der Waals surface area (Å²) in [7, 11) is 0. The summed E-state index contributed by atoms with van der Waals surface area (Å²) in [6, 6.07) is 6.62. The second kappa shape index (κ2) is 12.0. The topological polar surface area (TPSA) is 53.1 Å². The number of rotatable bonds is 6. The highest BCUT2D eigenvalue weighted by atomic mass is 16.6. The minimum atomic E-state index is -0.286. The van der Waals surface area contributed by atoms with Gasteiger partial charge in [0, 0.05) is 69.6 Å². The van der Waals surface area contributed by atoms with Crippen molar-refractivity contribution in [1.82, 2.24) is 14.7 Å². The minimum absolute atomic E-state index is 0.0605. The van der Waals surface area contributed by atoms with E-state index in [1.54, 1.807) is 0 Å². The first-order chi connectivity index (χ1) is 18.4. The van der Waals surface area contributed by atoms with Crippen molar-refractivity contribution >= 4 is 12.0 Å². The summed E-state index contributed by atoms with van der Waals surface area (Å²) in [5.74, 6) is 1.28. The van der Waals surface area contributed by atoms with Crippen molar-refractivity contribution in [1.29, 1.82) is 0 Å². The zero-order valence-corrected chi connectivity index (χ0v) is 24.1. The van der Waals surface area contributed by atoms with Gasteiger partial charge in [-0.3, -0.25) is 9.69 Å². The Labute approximate surface area is 230 Å². The van der Waals surface area contributed by atoms with Gasteiger partial charge in [0.2, 0.25) is 0 Å². The number of carbonyl (C=O) groups is 2. The number of nitrogens with zero attached hydrogens (tertiary/aromatic N) is 3. The van der Waals surface area contributed by atoms with Gasteiger partial charge in [0.1, 0.15) is 5.60 Å². The maximum absolute atomic E-state index is 13.3. The summed E-state index contributed by atoms with van der Waals surface area (Å²) in [5.41, 5.74) is 2.73. The van der Waals surface area contributed by atoms with E-state index in [0.717, 1.165) is 94.5 Å². The molecule has 4 aliphatic rings. The van der Waals surface area contributed by atoms with E-state index >= 15 is 0 Å². The molecule has 1 saturated carbocycles. The Morgan fingerprint density at radius 2 is 1.63 bits per heavy atom. The van der Waals surface area contributed by atoms with E-state index in [1.807, 2.05) is 32.0 Å². The van der Waals surface area contributed by atoms with Gasteiger partial charge in [0.15, 0.2) is 0 Å². The predicted molar refractivity (Wildman–Crippen MR) is 151 cm³/mol. The summed E-state index contributed by atoms with van der Waals surface area (Å²) in [6.45, 7) is 11.7. The second-order valence-electron chi connectivity index (χ2n) is 12.7. The number of hydrogen-bond acceptors (Lipinski definition) is 4. The van der Waals surface area contributed by atoms with Crippen LogP contribution < -0.4 is 0 Å². The molecule has 6 nitrogen and oxygen atoms in total. The van der Waals surface area contributed by atoms with Crippen molar-refractivity contribution in [3.8, 4) is 0 Å². The molecule has 4 fully saturated rings. The molecule has 2 amide bonds. The van der Waals surface area contributed by atoms with E-state index in [9.17, 15) is 9.59 Å². The zero-order chi connectivity index (χ0) is 26.7. The van der Waals surface area contributed by atoms with Crippen molar-refractivity contribution < 1.29 is 14.3 Å². The molecule has 0 N–H and O–H groups in total. The van der Waals surface area contributed by atoms with Gasteiger partial charge in [-0.05, 0) is 63.0 Å². The molecule has 0 aromatic heterocycles. The second-order valence-corrected chi connectivity index (χ2v) is 12.7. The lowest BCUT2D eigenvalue weighted by Crippen LogP contribution is -2.61. The van der Waals surface area contributed by atoms with Crippen LogP contribution in [0.3, 0.4) is 0 Å². The van der Waals surface area contributed by atoms with Gasteiger partial charge in [0.25, 0.3) is 5.91 Å². The molecule has 3 aliphatic heterocycles. The largest absolute Gasteiger partial charge is 0.442 e. The van der Waals surface area contributed by atoms with Crippen LogP contribution in [0.25, 0.3) is 0 Å². The summed E-state index contributed by atoms with van der Waals surface area (Å²) in [5, 5.41) is 0. The van der Waals surface area contributed by atoms with E-state index in [0.29, 0.717) is 17.9 Å². The van der Waals surface area contributed by atoms with Gasteiger partial charge in [-0.2, -0.15) is 0 Å². The van der Waals surface area contributed by atoms with Crippen LogP contribution in [-0.4, -0.2) is 77.6 Å². The molecular weight excluding hydrogens is 474 g/mol. The fraction of sp³-hybridized carbons (Fsp3) is 0.750. The van der Waals surface area contributed by atoms with Crippen LogP contribution in [0.5, 0.6) is 0 Å². The van der Waals surface area contributed by atoms with E-state index in [-0.39, 0.29) is 17.6 Å². The van der Waals surface area contributed by atoms with Gasteiger partial charge in [0.05, 0.1) is 0 Å². The number of carbonyl (C=O) groups excluding carboxylic acids is 2. The third kappa shape index (κ3) is 5.76. The predicted octanol–water partition coefficient (Wildman–Crippen LogP) is 6.19. The lowest BCUT2D eigenvalue weighted by Gasteiger charge is -2.52. The van der Waals surface area contributed by atoms with Crippen LogP contribution in [0, 0.1) is 25.7 Å². The van der Waals surface area contributed by atoms with E-state index < -0.39 is 0 Å². The molecule has 6 heteroatoms. The highest BCUT2D eigenvalue weighted by Gasteiger charge is 2.50. The molecule has 0 radical (unpaired) electrons. The molecule has 1 aromatic carbocycles. The Morgan fingerprint density at radius 1 is 0.974 bits per heavy atom. The molecule has 1 unspecified atom stereocenters. The quantitative estimate of drug-likeness (QED) is 0.446. The number of piperidine rings is 2. The molecule has 1 aliphatic carbocycles. The Morgan fingerprint density at radius 3 is 2.26 bits per heavy atom. The fourth-order valence-corrected chi connectivity index (χ4v) is 7.88. The Kier molecular flexibility index (Phi) is 8.66. The van der Waals surface area contributed by atoms with Gasteiger partial charge in [-0.15, -0.1) is 0 Å². The summed E-state index contributed by atoms with van der Waals surface area (Å²) < 4.78 is 6.40. The molecule has 5 rings (SSSR count). The number of amides is 2. The molecule has 210 valence electrons. The maximum Gasteiger partial charge on any atom is 0.410 e. The van der Waals surface area contributed by atoms with Crippen LogP contribution in [0.4, 0.5) is 4.79 Å². The van der Waals surface area contributed by atoms with Crippen molar-refractivity contribution in [2.45, 2.75) is 103 Å². The third-order valence-electron chi connectivity index (χ3n) is 10.2. The van der Waals surface area contributed by atoms with Crippen molar-refractivity contribution in [3.05, 3.63) is 34.9 Å². The maximum atomic E-state index is 13.3. The van der Waals surface area contributed by atoms with Crippen LogP contribution in [-0.2, 0) is 4.74 Å². The van der Waals surface area contributed by atoms with Crippen LogP contribution >= 0.6 is 0 Å². The number of hydrogen-bond donors (Lipinski definition) is 0. The first-order valence-electron chi connectivity index (χ1n) is 15.5. The van der Waals surface area contributed by atoms with Crippen LogP contribution in [0.1, 0.15) is 99.0 Å². The Bertz CT molecular complexity index is 952. The van der Waals surface area contributed by atoms with E-state index in [1.165, 1.54) is 32.1 Å². The number of benzene rings is 1. The van der Waals surface area contributed by atoms with Crippen molar-refractivity contribution in [3.63, 3.8) is 0 Å². The summed E-state index contributed by atoms with van der Waals surface area (Å²) in [4.78, 5) is 33.2. The molecule has 3 heterocycles. The Balaban J connectivity index is 1.15. The molecular formula is C32H49N3O3. The molecule has 1 spiro atoms. The summed E-state index contributed by atoms with van der Waals surface area (Å²) in [6.07, 6.45) is 12.6. The van der Waals surface area contributed by atoms with Crippen molar-refractivity contribution in [2.75, 3.05) is 39.3 Å². The highest BCUT2D eigenvalue weighted by molar-refractivity contribution is 5.97. The summed E-state index contributed by atoms with van der Waals surface area (Å²) >= 11 is 0. The average Bonchev–Trinajstić information content (AvgIpc) is 2.92.